The van der Waals surface area contributed by atoms with Crippen LogP contribution in [0.2, 0.25) is 5.02 Å². The quantitative estimate of drug-likeness (QED) is 0.843. The molecule has 0 aromatic heterocycles. The summed E-state index contributed by atoms with van der Waals surface area (Å²) in [4.78, 5) is -0.00901. The van der Waals surface area contributed by atoms with E-state index in [-0.39, 0.29) is 15.6 Å². The standard InChI is InChI=1S/C10H15ClN2O2S2/c1-13(6-7-16-2)17(14,15)10-8(11)4-3-5-9(10)12/h3-5H,6-7,12H2,1-2H3. The number of nitrogens with two attached hydrogens (primary N) is 1. The van der Waals surface area contributed by atoms with Crippen LogP contribution in [0.4, 0.5) is 5.69 Å². The molecule has 0 radical (unpaired) electrons. The smallest absolute Gasteiger partial charge is 0.246 e. The van der Waals surface area contributed by atoms with Crippen LogP contribution in [-0.4, -0.2) is 38.3 Å². The Morgan fingerprint density at radius 3 is 2.65 bits per heavy atom. The van der Waals surface area contributed by atoms with Gasteiger partial charge in [-0.3, -0.25) is 0 Å². The third kappa shape index (κ3) is 3.28. The van der Waals surface area contributed by atoms with E-state index < -0.39 is 10.0 Å². The highest BCUT2D eigenvalue weighted by Gasteiger charge is 2.25. The van der Waals surface area contributed by atoms with Gasteiger partial charge in [0.1, 0.15) is 4.90 Å². The molecule has 96 valence electrons. The molecule has 17 heavy (non-hydrogen) atoms. The van der Waals surface area contributed by atoms with Crippen molar-refractivity contribution in [2.45, 2.75) is 4.90 Å². The zero-order chi connectivity index (χ0) is 13.1. The Morgan fingerprint density at radius 1 is 1.47 bits per heavy atom. The zero-order valence-electron chi connectivity index (χ0n) is 9.68. The molecule has 0 atom stereocenters. The maximum atomic E-state index is 12.2. The molecule has 0 saturated carbocycles. The number of thioether (sulfide) groups is 1. The molecule has 0 aliphatic rings. The van der Waals surface area contributed by atoms with Crippen molar-refractivity contribution >= 4 is 39.1 Å². The van der Waals surface area contributed by atoms with Crippen LogP contribution < -0.4 is 5.73 Å². The van der Waals surface area contributed by atoms with Crippen LogP contribution in [0, 0.1) is 0 Å². The molecule has 0 amide bonds. The molecule has 2 N–H and O–H groups in total. The van der Waals surface area contributed by atoms with E-state index in [4.69, 9.17) is 17.3 Å². The van der Waals surface area contributed by atoms with Crippen LogP contribution >= 0.6 is 23.4 Å². The second-order valence-corrected chi connectivity index (χ2v) is 6.85. The first kappa shape index (κ1) is 14.6. The fraction of sp³-hybridized carbons (Fsp3) is 0.400. The molecular weight excluding hydrogens is 280 g/mol. The van der Waals surface area contributed by atoms with Crippen molar-refractivity contribution in [1.29, 1.82) is 0 Å². The number of anilines is 1. The van der Waals surface area contributed by atoms with Gasteiger partial charge >= 0.3 is 0 Å². The third-order valence-electron chi connectivity index (χ3n) is 2.28. The minimum Gasteiger partial charge on any atom is -0.398 e. The van der Waals surface area contributed by atoms with Gasteiger partial charge in [0.2, 0.25) is 10.0 Å². The molecule has 0 saturated heterocycles. The molecule has 1 aromatic rings. The topological polar surface area (TPSA) is 63.4 Å². The number of nitrogen functional groups attached to an aromatic ring is 1. The third-order valence-corrected chi connectivity index (χ3v) is 5.27. The molecule has 0 fully saturated rings. The van der Waals surface area contributed by atoms with Crippen molar-refractivity contribution in [3.8, 4) is 0 Å². The Labute approximate surface area is 111 Å². The van der Waals surface area contributed by atoms with Gasteiger partial charge in [0, 0.05) is 19.3 Å². The van der Waals surface area contributed by atoms with Gasteiger partial charge < -0.3 is 5.73 Å². The van der Waals surface area contributed by atoms with Crippen molar-refractivity contribution in [2.75, 3.05) is 31.3 Å². The van der Waals surface area contributed by atoms with E-state index in [0.29, 0.717) is 6.54 Å². The highest BCUT2D eigenvalue weighted by atomic mass is 35.5. The van der Waals surface area contributed by atoms with Gasteiger partial charge in [-0.25, -0.2) is 8.42 Å². The average molecular weight is 295 g/mol. The van der Waals surface area contributed by atoms with E-state index in [1.54, 1.807) is 17.8 Å². The molecule has 0 spiro atoms. The Hall–Kier alpha value is -0.430. The van der Waals surface area contributed by atoms with Crippen LogP contribution in [0.1, 0.15) is 0 Å². The van der Waals surface area contributed by atoms with Crippen LogP contribution in [0.5, 0.6) is 0 Å². The zero-order valence-corrected chi connectivity index (χ0v) is 12.1. The first-order chi connectivity index (χ1) is 7.91. The van der Waals surface area contributed by atoms with Gasteiger partial charge in [0.25, 0.3) is 0 Å². The average Bonchev–Trinajstić information content (AvgIpc) is 2.25. The predicted molar refractivity (Wildman–Crippen MR) is 74.1 cm³/mol. The fourth-order valence-electron chi connectivity index (χ4n) is 1.29. The lowest BCUT2D eigenvalue weighted by Gasteiger charge is -2.18. The van der Waals surface area contributed by atoms with Crippen LogP contribution in [-0.2, 0) is 10.0 Å². The van der Waals surface area contributed by atoms with Gasteiger partial charge in [0.05, 0.1) is 10.7 Å². The predicted octanol–water partition coefficient (Wildman–Crippen LogP) is 1.91. The summed E-state index contributed by atoms with van der Waals surface area (Å²) >= 11 is 7.48. The first-order valence-electron chi connectivity index (χ1n) is 4.90. The van der Waals surface area contributed by atoms with Crippen molar-refractivity contribution in [3.05, 3.63) is 23.2 Å². The van der Waals surface area contributed by atoms with Gasteiger partial charge in [-0.2, -0.15) is 16.1 Å². The monoisotopic (exact) mass is 294 g/mol. The highest BCUT2D eigenvalue weighted by Crippen LogP contribution is 2.29. The summed E-state index contributed by atoms with van der Waals surface area (Å²) < 4.78 is 25.7. The largest absolute Gasteiger partial charge is 0.398 e. The van der Waals surface area contributed by atoms with E-state index in [2.05, 4.69) is 0 Å². The van der Waals surface area contributed by atoms with E-state index in [1.807, 2.05) is 6.26 Å². The molecule has 0 unspecified atom stereocenters. The summed E-state index contributed by atoms with van der Waals surface area (Å²) in [6, 6.07) is 4.67. The Bertz CT molecular complexity index is 471. The lowest BCUT2D eigenvalue weighted by atomic mass is 10.3. The normalized spacial score (nSPS) is 12.0. The minimum absolute atomic E-state index is 0.00901. The second-order valence-electron chi connectivity index (χ2n) is 3.48. The Balaban J connectivity index is 3.13. The van der Waals surface area contributed by atoms with Crippen LogP contribution in [0.15, 0.2) is 23.1 Å². The highest BCUT2D eigenvalue weighted by molar-refractivity contribution is 7.98. The Morgan fingerprint density at radius 2 is 2.12 bits per heavy atom. The van der Waals surface area contributed by atoms with Crippen molar-refractivity contribution in [1.82, 2.24) is 4.31 Å². The van der Waals surface area contributed by atoms with Crippen molar-refractivity contribution in [3.63, 3.8) is 0 Å². The van der Waals surface area contributed by atoms with Crippen molar-refractivity contribution < 1.29 is 8.42 Å². The van der Waals surface area contributed by atoms with Crippen LogP contribution in [0.25, 0.3) is 0 Å². The van der Waals surface area contributed by atoms with Gasteiger partial charge in [-0.1, -0.05) is 17.7 Å². The number of halogens is 1. The summed E-state index contributed by atoms with van der Waals surface area (Å²) in [7, 11) is -2.09. The van der Waals surface area contributed by atoms with Gasteiger partial charge in [-0.05, 0) is 18.4 Å². The minimum atomic E-state index is -3.61. The summed E-state index contributed by atoms with van der Waals surface area (Å²) in [5, 5.41) is 0.154. The van der Waals surface area contributed by atoms with E-state index in [0.717, 1.165) is 5.75 Å². The maximum absolute atomic E-state index is 12.2. The van der Waals surface area contributed by atoms with E-state index in [9.17, 15) is 8.42 Å². The fourth-order valence-corrected chi connectivity index (χ4v) is 3.66. The molecule has 4 nitrogen and oxygen atoms in total. The van der Waals surface area contributed by atoms with Crippen LogP contribution in [0.3, 0.4) is 0 Å². The number of hydrogen-bond acceptors (Lipinski definition) is 4. The van der Waals surface area contributed by atoms with E-state index >= 15 is 0 Å². The molecule has 0 heterocycles. The van der Waals surface area contributed by atoms with Gasteiger partial charge in [-0.15, -0.1) is 0 Å². The second kappa shape index (κ2) is 5.95. The summed E-state index contributed by atoms with van der Waals surface area (Å²) in [5.74, 6) is 0.722. The molecule has 1 aromatic carbocycles. The number of rotatable bonds is 5. The Kier molecular flexibility index (Phi) is 5.12. The lowest BCUT2D eigenvalue weighted by Crippen LogP contribution is -2.29. The van der Waals surface area contributed by atoms with E-state index in [1.165, 1.54) is 23.5 Å². The number of nitrogens with zero attached hydrogens (tertiary/aromatic N) is 1. The number of sulfonamides is 1. The molecule has 0 aliphatic carbocycles. The SMILES string of the molecule is CSCCN(C)S(=O)(=O)c1c(N)cccc1Cl. The van der Waals surface area contributed by atoms with Gasteiger partial charge in [0.15, 0.2) is 0 Å². The summed E-state index contributed by atoms with van der Waals surface area (Å²) in [6.45, 7) is 0.425. The molecule has 1 rings (SSSR count). The maximum Gasteiger partial charge on any atom is 0.246 e. The molecular formula is C10H15ClN2O2S2. The molecule has 7 heteroatoms. The summed E-state index contributed by atoms with van der Waals surface area (Å²) in [6.07, 6.45) is 1.92. The first-order valence-corrected chi connectivity index (χ1v) is 8.11. The number of hydrogen-bond donors (Lipinski definition) is 1. The summed E-state index contributed by atoms with van der Waals surface area (Å²) in [5.41, 5.74) is 5.85. The van der Waals surface area contributed by atoms with Crippen molar-refractivity contribution in [2.24, 2.45) is 0 Å². The molecule has 0 bridgehead atoms. The lowest BCUT2D eigenvalue weighted by molar-refractivity contribution is 0.489. The molecule has 0 aliphatic heterocycles. The number of benzene rings is 1.